The van der Waals surface area contributed by atoms with E-state index in [2.05, 4.69) is 13.5 Å². The fourth-order valence-corrected chi connectivity index (χ4v) is 2.40. The van der Waals surface area contributed by atoms with Crippen molar-refractivity contribution in [3.63, 3.8) is 0 Å². The van der Waals surface area contributed by atoms with Crippen LogP contribution in [0.4, 0.5) is 4.39 Å². The highest BCUT2D eigenvalue weighted by atomic mass is 19.1. The van der Waals surface area contributed by atoms with Crippen molar-refractivity contribution < 1.29 is 9.18 Å². The van der Waals surface area contributed by atoms with Gasteiger partial charge in [0.25, 0.3) is 0 Å². The number of carbonyl (C=O) groups is 1. The molecule has 1 fully saturated rings. The Morgan fingerprint density at radius 2 is 2.16 bits per heavy atom. The van der Waals surface area contributed by atoms with E-state index in [1.165, 1.54) is 12.1 Å². The second kappa shape index (κ2) is 6.00. The third-order valence-electron chi connectivity index (χ3n) is 3.77. The van der Waals surface area contributed by atoms with Gasteiger partial charge in [0.1, 0.15) is 5.82 Å². The minimum absolute atomic E-state index is 0.133. The van der Waals surface area contributed by atoms with Crippen LogP contribution in [0, 0.1) is 11.7 Å². The van der Waals surface area contributed by atoms with Gasteiger partial charge in [-0.05, 0) is 36.5 Å². The van der Waals surface area contributed by atoms with Crippen LogP contribution in [-0.4, -0.2) is 23.9 Å². The lowest BCUT2D eigenvalue weighted by atomic mass is 9.98. The SMILES string of the molecule is C=Cc1cc(CC(=O)N2CCC(C)CC2)ccc1F. The normalized spacial score (nSPS) is 16.4. The van der Waals surface area contributed by atoms with Crippen molar-refractivity contribution in [3.05, 3.63) is 41.7 Å². The topological polar surface area (TPSA) is 20.3 Å². The van der Waals surface area contributed by atoms with Crippen molar-refractivity contribution in [1.82, 2.24) is 4.90 Å². The third-order valence-corrected chi connectivity index (χ3v) is 3.77. The van der Waals surface area contributed by atoms with Gasteiger partial charge in [-0.2, -0.15) is 0 Å². The molecule has 3 heteroatoms. The third kappa shape index (κ3) is 3.43. The molecule has 2 rings (SSSR count). The molecule has 0 bridgehead atoms. The highest BCUT2D eigenvalue weighted by Crippen LogP contribution is 2.18. The predicted molar refractivity (Wildman–Crippen MR) is 75.2 cm³/mol. The van der Waals surface area contributed by atoms with Gasteiger partial charge in [-0.3, -0.25) is 4.79 Å². The molecule has 1 aliphatic rings. The van der Waals surface area contributed by atoms with E-state index >= 15 is 0 Å². The number of halogens is 1. The summed E-state index contributed by atoms with van der Waals surface area (Å²) in [5, 5.41) is 0. The van der Waals surface area contributed by atoms with Crippen LogP contribution in [0.2, 0.25) is 0 Å². The van der Waals surface area contributed by atoms with Gasteiger partial charge in [0.2, 0.25) is 5.91 Å². The standard InChI is InChI=1S/C16H20FNO/c1-3-14-10-13(4-5-15(14)17)11-16(19)18-8-6-12(2)7-9-18/h3-5,10,12H,1,6-9,11H2,2H3. The zero-order valence-electron chi connectivity index (χ0n) is 11.4. The molecule has 2 nitrogen and oxygen atoms in total. The zero-order chi connectivity index (χ0) is 13.8. The molecule has 0 spiro atoms. The Hall–Kier alpha value is -1.64. The summed E-state index contributed by atoms with van der Waals surface area (Å²) in [6.07, 6.45) is 3.97. The Labute approximate surface area is 113 Å². The number of benzene rings is 1. The number of nitrogens with zero attached hydrogens (tertiary/aromatic N) is 1. The molecule has 1 aromatic rings. The van der Waals surface area contributed by atoms with E-state index < -0.39 is 0 Å². The summed E-state index contributed by atoms with van der Waals surface area (Å²) >= 11 is 0. The highest BCUT2D eigenvalue weighted by Gasteiger charge is 2.20. The molecule has 0 N–H and O–H groups in total. The van der Waals surface area contributed by atoms with Gasteiger partial charge in [-0.15, -0.1) is 0 Å². The van der Waals surface area contributed by atoms with Crippen LogP contribution in [0.5, 0.6) is 0 Å². The highest BCUT2D eigenvalue weighted by molar-refractivity contribution is 5.79. The second-order valence-electron chi connectivity index (χ2n) is 5.30. The number of hydrogen-bond acceptors (Lipinski definition) is 1. The van der Waals surface area contributed by atoms with Crippen LogP contribution in [0.25, 0.3) is 6.08 Å². The fourth-order valence-electron chi connectivity index (χ4n) is 2.40. The molecule has 0 aromatic heterocycles. The zero-order valence-corrected chi connectivity index (χ0v) is 11.4. The first-order chi connectivity index (χ1) is 9.10. The first-order valence-corrected chi connectivity index (χ1v) is 6.79. The Morgan fingerprint density at radius 1 is 1.47 bits per heavy atom. The quantitative estimate of drug-likeness (QED) is 0.817. The maximum Gasteiger partial charge on any atom is 0.226 e. The summed E-state index contributed by atoms with van der Waals surface area (Å²) < 4.78 is 13.3. The van der Waals surface area contributed by atoms with Crippen LogP contribution >= 0.6 is 0 Å². The van der Waals surface area contributed by atoms with E-state index in [1.807, 2.05) is 4.90 Å². The molecule has 0 radical (unpaired) electrons. The molecule has 0 aliphatic carbocycles. The Kier molecular flexibility index (Phi) is 4.35. The van der Waals surface area contributed by atoms with Crippen LogP contribution in [0.3, 0.4) is 0 Å². The number of amides is 1. The molecule has 0 unspecified atom stereocenters. The number of likely N-dealkylation sites (tertiary alicyclic amines) is 1. The van der Waals surface area contributed by atoms with Crippen molar-refractivity contribution in [1.29, 1.82) is 0 Å². The largest absolute Gasteiger partial charge is 0.342 e. The lowest BCUT2D eigenvalue weighted by Gasteiger charge is -2.30. The number of piperidine rings is 1. The van der Waals surface area contributed by atoms with Crippen molar-refractivity contribution in [3.8, 4) is 0 Å². The molecule has 1 heterocycles. The summed E-state index contributed by atoms with van der Waals surface area (Å²) in [5.41, 5.74) is 1.30. The Bertz CT molecular complexity index is 476. The molecule has 1 aromatic carbocycles. The summed E-state index contributed by atoms with van der Waals surface area (Å²) in [6, 6.07) is 4.78. The first kappa shape index (κ1) is 13.8. The van der Waals surface area contributed by atoms with E-state index in [4.69, 9.17) is 0 Å². The number of carbonyl (C=O) groups excluding carboxylic acids is 1. The van der Waals surface area contributed by atoms with Gasteiger partial charge in [0, 0.05) is 18.7 Å². The number of hydrogen-bond donors (Lipinski definition) is 0. The van der Waals surface area contributed by atoms with Gasteiger partial charge in [-0.25, -0.2) is 4.39 Å². The molecule has 1 amide bonds. The summed E-state index contributed by atoms with van der Waals surface area (Å²) in [5.74, 6) is 0.550. The van der Waals surface area contributed by atoms with Crippen molar-refractivity contribution in [2.45, 2.75) is 26.2 Å². The van der Waals surface area contributed by atoms with Crippen LogP contribution in [0.1, 0.15) is 30.9 Å². The van der Waals surface area contributed by atoms with Gasteiger partial charge < -0.3 is 4.90 Å². The molecular formula is C16H20FNO. The predicted octanol–water partition coefficient (Wildman–Crippen LogP) is 3.27. The molecule has 1 aliphatic heterocycles. The fraction of sp³-hybridized carbons (Fsp3) is 0.438. The van der Waals surface area contributed by atoms with Crippen molar-refractivity contribution >= 4 is 12.0 Å². The van der Waals surface area contributed by atoms with Gasteiger partial charge >= 0.3 is 0 Å². The van der Waals surface area contributed by atoms with E-state index in [0.717, 1.165) is 31.5 Å². The molecule has 19 heavy (non-hydrogen) atoms. The van der Waals surface area contributed by atoms with Crippen molar-refractivity contribution in [2.75, 3.05) is 13.1 Å². The first-order valence-electron chi connectivity index (χ1n) is 6.79. The van der Waals surface area contributed by atoms with Crippen LogP contribution in [-0.2, 0) is 11.2 Å². The second-order valence-corrected chi connectivity index (χ2v) is 5.30. The van der Waals surface area contributed by atoms with E-state index in [0.29, 0.717) is 17.9 Å². The van der Waals surface area contributed by atoms with Crippen LogP contribution in [0.15, 0.2) is 24.8 Å². The van der Waals surface area contributed by atoms with Crippen molar-refractivity contribution in [2.24, 2.45) is 5.92 Å². The van der Waals surface area contributed by atoms with E-state index in [-0.39, 0.29) is 11.7 Å². The smallest absolute Gasteiger partial charge is 0.226 e. The van der Waals surface area contributed by atoms with Gasteiger partial charge in [0.15, 0.2) is 0 Å². The minimum atomic E-state index is -0.294. The van der Waals surface area contributed by atoms with Gasteiger partial charge in [-0.1, -0.05) is 25.6 Å². The average molecular weight is 261 g/mol. The lowest BCUT2D eigenvalue weighted by Crippen LogP contribution is -2.38. The lowest BCUT2D eigenvalue weighted by molar-refractivity contribution is -0.131. The van der Waals surface area contributed by atoms with Crippen LogP contribution < -0.4 is 0 Å². The van der Waals surface area contributed by atoms with E-state index in [1.54, 1.807) is 12.1 Å². The number of rotatable bonds is 3. The maximum absolute atomic E-state index is 13.3. The molecule has 102 valence electrons. The average Bonchev–Trinajstić information content (AvgIpc) is 2.41. The molecule has 0 saturated carbocycles. The summed E-state index contributed by atoms with van der Waals surface area (Å²) in [6.45, 7) is 7.48. The van der Waals surface area contributed by atoms with Gasteiger partial charge in [0.05, 0.1) is 6.42 Å². The van der Waals surface area contributed by atoms with E-state index in [9.17, 15) is 9.18 Å². The summed E-state index contributed by atoms with van der Waals surface area (Å²) in [7, 11) is 0. The minimum Gasteiger partial charge on any atom is -0.342 e. The maximum atomic E-state index is 13.3. The Morgan fingerprint density at radius 3 is 2.79 bits per heavy atom. The summed E-state index contributed by atoms with van der Waals surface area (Å²) in [4.78, 5) is 14.1. The Balaban J connectivity index is 2.00. The monoisotopic (exact) mass is 261 g/mol. The molecular weight excluding hydrogens is 241 g/mol. The molecule has 0 atom stereocenters. The molecule has 1 saturated heterocycles.